The first-order chi connectivity index (χ1) is 11.5. The van der Waals surface area contributed by atoms with Crippen LogP contribution >= 0.6 is 12.4 Å². The lowest BCUT2D eigenvalue weighted by Crippen LogP contribution is -2.38. The number of nitrogens with one attached hydrogen (secondary N) is 1. The molecule has 0 aromatic heterocycles. The van der Waals surface area contributed by atoms with Crippen LogP contribution < -0.4 is 11.1 Å². The largest absolute Gasteiger partial charge is 0.339 e. The minimum atomic E-state index is -0.492. The number of amides is 2. The topological polar surface area (TPSA) is 75.4 Å². The van der Waals surface area contributed by atoms with Crippen LogP contribution in [-0.2, 0) is 4.79 Å². The Balaban J connectivity index is 0.00000312. The number of nitrogens with zero attached hydrogens (tertiary/aromatic N) is 1. The van der Waals surface area contributed by atoms with Gasteiger partial charge >= 0.3 is 0 Å². The minimum Gasteiger partial charge on any atom is -0.339 e. The predicted molar refractivity (Wildman–Crippen MR) is 104 cm³/mol. The van der Waals surface area contributed by atoms with Gasteiger partial charge in [0.25, 0.3) is 5.91 Å². The number of nitrogens with two attached hydrogens (primary N) is 1. The maximum Gasteiger partial charge on any atom is 0.253 e. The lowest BCUT2D eigenvalue weighted by molar-refractivity contribution is -0.117. The second-order valence-electron chi connectivity index (χ2n) is 6.67. The first-order valence-electron chi connectivity index (χ1n) is 8.96. The van der Waals surface area contributed by atoms with E-state index in [2.05, 4.69) is 5.32 Å². The van der Waals surface area contributed by atoms with Crippen LogP contribution in [-0.4, -0.2) is 35.8 Å². The van der Waals surface area contributed by atoms with Gasteiger partial charge in [0.1, 0.15) is 0 Å². The molecule has 2 amide bonds. The first kappa shape index (κ1) is 21.5. The van der Waals surface area contributed by atoms with Crippen LogP contribution in [0.3, 0.4) is 0 Å². The predicted octanol–water partition coefficient (Wildman–Crippen LogP) is 3.58. The van der Waals surface area contributed by atoms with E-state index in [4.69, 9.17) is 5.73 Å². The smallest absolute Gasteiger partial charge is 0.253 e. The molecule has 1 aliphatic rings. The third-order valence-corrected chi connectivity index (χ3v) is 4.78. The van der Waals surface area contributed by atoms with Gasteiger partial charge in [-0.15, -0.1) is 12.4 Å². The Morgan fingerprint density at radius 3 is 2.36 bits per heavy atom. The molecule has 5 nitrogen and oxygen atoms in total. The van der Waals surface area contributed by atoms with Gasteiger partial charge in [0.15, 0.2) is 0 Å². The van der Waals surface area contributed by atoms with Gasteiger partial charge in [-0.3, -0.25) is 9.59 Å². The summed E-state index contributed by atoms with van der Waals surface area (Å²) in [6, 6.07) is 6.91. The molecule has 1 aromatic carbocycles. The van der Waals surface area contributed by atoms with E-state index in [1.54, 1.807) is 24.3 Å². The summed E-state index contributed by atoms with van der Waals surface area (Å²) in [5.41, 5.74) is 7.12. The summed E-state index contributed by atoms with van der Waals surface area (Å²) in [5, 5.41) is 2.80. The van der Waals surface area contributed by atoms with Gasteiger partial charge < -0.3 is 16.0 Å². The Labute approximate surface area is 156 Å². The number of hydrogen-bond acceptors (Lipinski definition) is 3. The molecule has 0 heterocycles. The highest BCUT2D eigenvalue weighted by Gasteiger charge is 2.23. The van der Waals surface area contributed by atoms with Crippen molar-refractivity contribution < 1.29 is 9.59 Å². The molecule has 1 aliphatic carbocycles. The van der Waals surface area contributed by atoms with E-state index in [9.17, 15) is 9.59 Å². The standard InChI is InChI=1S/C19H29N3O2.ClH/c1-3-7-17(20)18(23)21-15-12-10-14(11-13-15)19(24)22(2)16-8-5-4-6-9-16;/h10-13,16-17H,3-9,20H2,1-2H3,(H,21,23);1H. The van der Waals surface area contributed by atoms with Crippen LogP contribution in [0.15, 0.2) is 24.3 Å². The molecule has 25 heavy (non-hydrogen) atoms. The molecule has 3 N–H and O–H groups in total. The number of hydrogen-bond donors (Lipinski definition) is 2. The lowest BCUT2D eigenvalue weighted by atomic mass is 9.94. The van der Waals surface area contributed by atoms with Crippen LogP contribution in [0.1, 0.15) is 62.2 Å². The van der Waals surface area contributed by atoms with Crippen molar-refractivity contribution in [3.8, 4) is 0 Å². The summed E-state index contributed by atoms with van der Waals surface area (Å²) in [7, 11) is 1.89. The Morgan fingerprint density at radius 2 is 1.80 bits per heavy atom. The lowest BCUT2D eigenvalue weighted by Gasteiger charge is -2.31. The molecule has 1 atom stereocenters. The molecule has 140 valence electrons. The van der Waals surface area contributed by atoms with E-state index in [1.807, 2.05) is 18.9 Å². The number of halogens is 1. The maximum absolute atomic E-state index is 12.6. The van der Waals surface area contributed by atoms with Crippen LogP contribution in [0.2, 0.25) is 0 Å². The molecule has 0 spiro atoms. The highest BCUT2D eigenvalue weighted by atomic mass is 35.5. The molecule has 6 heteroatoms. The van der Waals surface area contributed by atoms with E-state index in [1.165, 1.54) is 19.3 Å². The van der Waals surface area contributed by atoms with Crippen molar-refractivity contribution in [2.75, 3.05) is 12.4 Å². The summed E-state index contributed by atoms with van der Waals surface area (Å²) >= 11 is 0. The van der Waals surface area contributed by atoms with Crippen molar-refractivity contribution >= 4 is 29.9 Å². The fourth-order valence-corrected chi connectivity index (χ4v) is 3.21. The van der Waals surface area contributed by atoms with E-state index >= 15 is 0 Å². The molecule has 0 radical (unpaired) electrons. The van der Waals surface area contributed by atoms with Gasteiger partial charge in [0, 0.05) is 24.3 Å². The molecule has 1 unspecified atom stereocenters. The van der Waals surface area contributed by atoms with Gasteiger partial charge in [0.05, 0.1) is 6.04 Å². The quantitative estimate of drug-likeness (QED) is 0.806. The zero-order valence-electron chi connectivity index (χ0n) is 15.2. The normalized spacial score (nSPS) is 15.8. The summed E-state index contributed by atoms with van der Waals surface area (Å²) < 4.78 is 0. The zero-order valence-corrected chi connectivity index (χ0v) is 16.0. The average Bonchev–Trinajstić information content (AvgIpc) is 2.62. The van der Waals surface area contributed by atoms with Crippen LogP contribution in [0.4, 0.5) is 5.69 Å². The van der Waals surface area contributed by atoms with E-state index in [0.717, 1.165) is 19.3 Å². The molecule has 1 saturated carbocycles. The molecule has 2 rings (SSSR count). The first-order valence-corrected chi connectivity index (χ1v) is 8.96. The van der Waals surface area contributed by atoms with Crippen molar-refractivity contribution in [3.63, 3.8) is 0 Å². The fraction of sp³-hybridized carbons (Fsp3) is 0.579. The number of carbonyl (C=O) groups excluding carboxylic acids is 2. The Kier molecular flexibility index (Phi) is 8.93. The number of carbonyl (C=O) groups is 2. The monoisotopic (exact) mass is 367 g/mol. The Morgan fingerprint density at radius 1 is 1.20 bits per heavy atom. The highest BCUT2D eigenvalue weighted by molar-refractivity contribution is 5.97. The van der Waals surface area contributed by atoms with Crippen molar-refractivity contribution in [2.24, 2.45) is 5.73 Å². The summed E-state index contributed by atoms with van der Waals surface area (Å²) in [6.07, 6.45) is 7.38. The van der Waals surface area contributed by atoms with Crippen LogP contribution in [0.5, 0.6) is 0 Å². The molecular formula is C19H30ClN3O2. The van der Waals surface area contributed by atoms with E-state index in [0.29, 0.717) is 23.7 Å². The Hall–Kier alpha value is -1.59. The Bertz CT molecular complexity index is 556. The van der Waals surface area contributed by atoms with Crippen molar-refractivity contribution in [1.29, 1.82) is 0 Å². The number of rotatable bonds is 6. The van der Waals surface area contributed by atoms with Crippen LogP contribution in [0, 0.1) is 0 Å². The zero-order chi connectivity index (χ0) is 17.5. The molecule has 1 aromatic rings. The summed E-state index contributed by atoms with van der Waals surface area (Å²) in [6.45, 7) is 2.00. The second-order valence-corrected chi connectivity index (χ2v) is 6.67. The van der Waals surface area contributed by atoms with E-state index < -0.39 is 6.04 Å². The highest BCUT2D eigenvalue weighted by Crippen LogP contribution is 2.23. The van der Waals surface area contributed by atoms with E-state index in [-0.39, 0.29) is 24.2 Å². The van der Waals surface area contributed by atoms with Gasteiger partial charge in [-0.05, 0) is 43.5 Å². The fourth-order valence-electron chi connectivity index (χ4n) is 3.21. The minimum absolute atomic E-state index is 0. The molecule has 0 saturated heterocycles. The SMILES string of the molecule is CCCC(N)C(=O)Nc1ccc(C(=O)N(C)C2CCCCC2)cc1.Cl. The van der Waals surface area contributed by atoms with Gasteiger partial charge in [-0.25, -0.2) is 0 Å². The molecule has 0 bridgehead atoms. The second kappa shape index (κ2) is 10.4. The molecule has 0 aliphatic heterocycles. The van der Waals surface area contributed by atoms with Crippen molar-refractivity contribution in [1.82, 2.24) is 4.90 Å². The van der Waals surface area contributed by atoms with Gasteiger partial charge in [-0.2, -0.15) is 0 Å². The third-order valence-electron chi connectivity index (χ3n) is 4.78. The number of benzene rings is 1. The average molecular weight is 368 g/mol. The third kappa shape index (κ3) is 6.01. The van der Waals surface area contributed by atoms with Crippen molar-refractivity contribution in [2.45, 2.75) is 64.0 Å². The maximum atomic E-state index is 12.6. The number of anilines is 1. The van der Waals surface area contributed by atoms with Gasteiger partial charge in [-0.1, -0.05) is 32.6 Å². The molecule has 1 fully saturated rings. The van der Waals surface area contributed by atoms with Crippen LogP contribution in [0.25, 0.3) is 0 Å². The van der Waals surface area contributed by atoms with Gasteiger partial charge in [0.2, 0.25) is 5.91 Å². The molecular weight excluding hydrogens is 338 g/mol. The summed E-state index contributed by atoms with van der Waals surface area (Å²) in [5.74, 6) is -0.141. The summed E-state index contributed by atoms with van der Waals surface area (Å²) in [4.78, 5) is 26.4. The van der Waals surface area contributed by atoms with Crippen molar-refractivity contribution in [3.05, 3.63) is 29.8 Å².